The van der Waals surface area contributed by atoms with Crippen molar-refractivity contribution in [2.24, 2.45) is 5.92 Å². The Balaban J connectivity index is 1.45. The highest BCUT2D eigenvalue weighted by atomic mass is 16.5. The Morgan fingerprint density at radius 1 is 1.06 bits per heavy atom. The van der Waals surface area contributed by atoms with Crippen LogP contribution in [0.4, 0.5) is 0 Å². The van der Waals surface area contributed by atoms with Crippen LogP contribution >= 0.6 is 0 Å². The van der Waals surface area contributed by atoms with Crippen molar-refractivity contribution in [3.8, 4) is 16.9 Å². The standard InChI is InChI=1S/C25H24N2O4/c1-31-23-7-3-5-20(13-23)19-4-2-6-21(12-19)24(28)27-9-8-17(16-27)10-18-11-22(25(29)30)15-26-14-18/h2-7,11-15,17H,8-10,16H2,1H3,(H,29,30). The van der Waals surface area contributed by atoms with E-state index >= 15 is 0 Å². The van der Waals surface area contributed by atoms with Crippen LogP contribution in [0.15, 0.2) is 67.0 Å². The van der Waals surface area contributed by atoms with Gasteiger partial charge in [0.15, 0.2) is 0 Å². The minimum absolute atomic E-state index is 0.0182. The fourth-order valence-corrected chi connectivity index (χ4v) is 4.05. The molecule has 1 aromatic heterocycles. The molecule has 2 aromatic carbocycles. The van der Waals surface area contributed by atoms with Gasteiger partial charge in [0.05, 0.1) is 12.7 Å². The number of carboxylic acids is 1. The molecule has 6 nitrogen and oxygen atoms in total. The molecule has 1 amide bonds. The van der Waals surface area contributed by atoms with Crippen LogP contribution in [0, 0.1) is 5.92 Å². The van der Waals surface area contributed by atoms with Crippen LogP contribution < -0.4 is 4.74 Å². The number of benzene rings is 2. The van der Waals surface area contributed by atoms with E-state index in [9.17, 15) is 9.59 Å². The Labute approximate surface area is 181 Å². The van der Waals surface area contributed by atoms with Gasteiger partial charge in [-0.2, -0.15) is 0 Å². The molecule has 1 aliphatic heterocycles. The summed E-state index contributed by atoms with van der Waals surface area (Å²) in [6, 6.07) is 17.1. The maximum absolute atomic E-state index is 13.1. The average Bonchev–Trinajstić information content (AvgIpc) is 3.27. The van der Waals surface area contributed by atoms with Crippen LogP contribution in [0.5, 0.6) is 5.75 Å². The van der Waals surface area contributed by atoms with Gasteiger partial charge in [0.25, 0.3) is 5.91 Å². The highest BCUT2D eigenvalue weighted by molar-refractivity contribution is 5.95. The molecule has 1 atom stereocenters. The molecule has 0 spiro atoms. The first kappa shape index (κ1) is 20.6. The highest BCUT2D eigenvalue weighted by Gasteiger charge is 2.27. The van der Waals surface area contributed by atoms with E-state index in [1.165, 1.54) is 6.20 Å². The van der Waals surface area contributed by atoms with Gasteiger partial charge in [-0.3, -0.25) is 9.78 Å². The Morgan fingerprint density at radius 3 is 2.61 bits per heavy atom. The second kappa shape index (κ2) is 9.00. The Kier molecular flexibility index (Phi) is 5.98. The summed E-state index contributed by atoms with van der Waals surface area (Å²) >= 11 is 0. The van der Waals surface area contributed by atoms with Gasteiger partial charge in [-0.05, 0) is 65.8 Å². The van der Waals surface area contributed by atoms with Crippen LogP contribution in [-0.4, -0.2) is 47.1 Å². The Hall–Kier alpha value is -3.67. The summed E-state index contributed by atoms with van der Waals surface area (Å²) in [5, 5.41) is 9.15. The molecule has 1 fully saturated rings. The predicted octanol–water partition coefficient (Wildman–Crippen LogP) is 4.16. The van der Waals surface area contributed by atoms with Gasteiger partial charge < -0.3 is 14.7 Å². The lowest BCUT2D eigenvalue weighted by Crippen LogP contribution is -2.29. The number of carboxylic acid groups (broad SMARTS) is 1. The van der Waals surface area contributed by atoms with E-state index < -0.39 is 5.97 Å². The van der Waals surface area contributed by atoms with Crippen LogP contribution in [0.25, 0.3) is 11.1 Å². The van der Waals surface area contributed by atoms with E-state index in [1.54, 1.807) is 19.4 Å². The summed E-state index contributed by atoms with van der Waals surface area (Å²) in [7, 11) is 1.64. The fourth-order valence-electron chi connectivity index (χ4n) is 4.05. The second-order valence-corrected chi connectivity index (χ2v) is 7.81. The van der Waals surface area contributed by atoms with Gasteiger partial charge in [-0.1, -0.05) is 24.3 Å². The Bertz CT molecular complexity index is 1110. The molecule has 4 rings (SSSR count). The number of amides is 1. The number of carbonyl (C=O) groups is 2. The fraction of sp³-hybridized carbons (Fsp3) is 0.240. The topological polar surface area (TPSA) is 79.7 Å². The van der Waals surface area contributed by atoms with Crippen molar-refractivity contribution < 1.29 is 19.4 Å². The lowest BCUT2D eigenvalue weighted by Gasteiger charge is -2.17. The highest BCUT2D eigenvalue weighted by Crippen LogP contribution is 2.27. The summed E-state index contributed by atoms with van der Waals surface area (Å²) in [5.41, 5.74) is 3.71. The van der Waals surface area contributed by atoms with Crippen molar-refractivity contribution in [1.29, 1.82) is 0 Å². The van der Waals surface area contributed by atoms with Crippen molar-refractivity contribution in [1.82, 2.24) is 9.88 Å². The molecule has 158 valence electrons. The molecule has 31 heavy (non-hydrogen) atoms. The summed E-state index contributed by atoms with van der Waals surface area (Å²) in [6.45, 7) is 1.35. The van der Waals surface area contributed by atoms with Crippen molar-refractivity contribution in [3.63, 3.8) is 0 Å². The monoisotopic (exact) mass is 416 g/mol. The number of aromatic carboxylic acids is 1. The second-order valence-electron chi connectivity index (χ2n) is 7.81. The number of likely N-dealkylation sites (tertiary alicyclic amines) is 1. The SMILES string of the molecule is COc1cccc(-c2cccc(C(=O)N3CCC(Cc4cncc(C(=O)O)c4)C3)c2)c1. The van der Waals surface area contributed by atoms with Gasteiger partial charge >= 0.3 is 5.97 Å². The largest absolute Gasteiger partial charge is 0.497 e. The predicted molar refractivity (Wildman–Crippen MR) is 117 cm³/mol. The molecule has 0 saturated carbocycles. The molecule has 3 aromatic rings. The quantitative estimate of drug-likeness (QED) is 0.653. The zero-order chi connectivity index (χ0) is 21.8. The molecule has 0 radical (unpaired) electrons. The lowest BCUT2D eigenvalue weighted by atomic mass is 9.99. The van der Waals surface area contributed by atoms with Crippen molar-refractivity contribution in [3.05, 3.63) is 83.7 Å². The van der Waals surface area contributed by atoms with Crippen molar-refractivity contribution in [2.45, 2.75) is 12.8 Å². The number of hydrogen-bond donors (Lipinski definition) is 1. The zero-order valence-electron chi connectivity index (χ0n) is 17.3. The minimum Gasteiger partial charge on any atom is -0.497 e. The van der Waals surface area contributed by atoms with E-state index in [0.29, 0.717) is 25.1 Å². The third-order valence-corrected chi connectivity index (χ3v) is 5.65. The van der Waals surface area contributed by atoms with Gasteiger partial charge in [0, 0.05) is 31.0 Å². The molecular formula is C25H24N2O4. The molecule has 0 aliphatic carbocycles. The number of carbonyl (C=O) groups excluding carboxylic acids is 1. The van der Waals surface area contributed by atoms with Crippen molar-refractivity contribution in [2.75, 3.05) is 20.2 Å². The van der Waals surface area contributed by atoms with E-state index in [-0.39, 0.29) is 17.4 Å². The van der Waals surface area contributed by atoms with E-state index in [0.717, 1.165) is 28.9 Å². The van der Waals surface area contributed by atoms with Gasteiger partial charge in [-0.25, -0.2) is 4.79 Å². The van der Waals surface area contributed by atoms with E-state index in [1.807, 2.05) is 53.4 Å². The first-order valence-corrected chi connectivity index (χ1v) is 10.2. The average molecular weight is 416 g/mol. The number of ether oxygens (including phenoxy) is 1. The third-order valence-electron chi connectivity index (χ3n) is 5.65. The van der Waals surface area contributed by atoms with E-state index in [2.05, 4.69) is 4.98 Å². The number of pyridine rings is 1. The summed E-state index contributed by atoms with van der Waals surface area (Å²) < 4.78 is 5.30. The molecule has 0 bridgehead atoms. The summed E-state index contributed by atoms with van der Waals surface area (Å²) in [5.74, 6) is 0.104. The Morgan fingerprint density at radius 2 is 1.84 bits per heavy atom. The van der Waals surface area contributed by atoms with E-state index in [4.69, 9.17) is 9.84 Å². The minimum atomic E-state index is -0.978. The lowest BCUT2D eigenvalue weighted by molar-refractivity contribution is 0.0695. The van der Waals surface area contributed by atoms with Crippen LogP contribution in [-0.2, 0) is 6.42 Å². The maximum Gasteiger partial charge on any atom is 0.337 e. The summed E-state index contributed by atoms with van der Waals surface area (Å²) in [4.78, 5) is 30.2. The number of nitrogens with zero attached hydrogens (tertiary/aromatic N) is 2. The van der Waals surface area contributed by atoms with Gasteiger partial charge in [-0.15, -0.1) is 0 Å². The van der Waals surface area contributed by atoms with Gasteiger partial charge in [0.1, 0.15) is 5.75 Å². The zero-order valence-corrected chi connectivity index (χ0v) is 17.3. The molecular weight excluding hydrogens is 392 g/mol. The normalized spacial score (nSPS) is 15.6. The third kappa shape index (κ3) is 4.74. The van der Waals surface area contributed by atoms with Gasteiger partial charge in [0.2, 0.25) is 0 Å². The molecule has 1 saturated heterocycles. The molecule has 6 heteroatoms. The molecule has 1 unspecified atom stereocenters. The number of aromatic nitrogens is 1. The first-order valence-electron chi connectivity index (χ1n) is 10.2. The first-order chi connectivity index (χ1) is 15.0. The maximum atomic E-state index is 13.1. The summed E-state index contributed by atoms with van der Waals surface area (Å²) in [6.07, 6.45) is 4.65. The molecule has 1 N–H and O–H groups in total. The number of hydrogen-bond acceptors (Lipinski definition) is 4. The molecule has 1 aliphatic rings. The smallest absolute Gasteiger partial charge is 0.337 e. The van der Waals surface area contributed by atoms with Crippen LogP contribution in [0.2, 0.25) is 0 Å². The van der Waals surface area contributed by atoms with Crippen LogP contribution in [0.3, 0.4) is 0 Å². The van der Waals surface area contributed by atoms with Crippen molar-refractivity contribution >= 4 is 11.9 Å². The van der Waals surface area contributed by atoms with Crippen LogP contribution in [0.1, 0.15) is 32.7 Å². The molecule has 2 heterocycles. The number of rotatable bonds is 6. The number of methoxy groups -OCH3 is 1.